The second kappa shape index (κ2) is 6.35. The lowest BCUT2D eigenvalue weighted by molar-refractivity contribution is -0.140. The summed E-state index contributed by atoms with van der Waals surface area (Å²) in [7, 11) is 0. The standard InChI is InChI=1S/C17H14F3NO3/c1-16(15(23)24,21-13-5-3-2-4-6-13)14(22)11-7-9-12(10-8-11)17(18,19)20/h2-10,21H,1H3,(H,23,24). The fraction of sp³-hybridized carbons (Fsp3) is 0.176. The first-order valence-corrected chi connectivity index (χ1v) is 6.93. The van der Waals surface area contributed by atoms with Crippen molar-refractivity contribution in [2.24, 2.45) is 0 Å². The van der Waals surface area contributed by atoms with E-state index < -0.39 is 29.0 Å². The van der Waals surface area contributed by atoms with Gasteiger partial charge in [-0.3, -0.25) is 4.79 Å². The number of para-hydroxylation sites is 1. The van der Waals surface area contributed by atoms with E-state index >= 15 is 0 Å². The van der Waals surface area contributed by atoms with Crippen molar-refractivity contribution in [3.05, 3.63) is 65.7 Å². The largest absolute Gasteiger partial charge is 0.479 e. The molecule has 1 atom stereocenters. The number of hydrogen-bond acceptors (Lipinski definition) is 3. The van der Waals surface area contributed by atoms with E-state index in [2.05, 4.69) is 5.32 Å². The highest BCUT2D eigenvalue weighted by atomic mass is 19.4. The molecule has 2 aromatic carbocycles. The van der Waals surface area contributed by atoms with Gasteiger partial charge in [0.15, 0.2) is 11.3 Å². The van der Waals surface area contributed by atoms with E-state index in [1.54, 1.807) is 30.3 Å². The molecule has 0 aliphatic heterocycles. The van der Waals surface area contributed by atoms with Crippen LogP contribution in [0.4, 0.5) is 18.9 Å². The molecule has 0 heterocycles. The second-order valence-electron chi connectivity index (χ2n) is 5.33. The Labute approximate surface area is 135 Å². The SMILES string of the molecule is CC(Nc1ccccc1)(C(=O)O)C(=O)c1ccc(C(F)(F)F)cc1. The molecule has 2 aromatic rings. The molecule has 0 fully saturated rings. The zero-order valence-corrected chi connectivity index (χ0v) is 12.6. The number of carboxylic acid groups (broad SMARTS) is 1. The summed E-state index contributed by atoms with van der Waals surface area (Å²) in [6, 6.07) is 11.7. The molecule has 7 heteroatoms. The van der Waals surface area contributed by atoms with Gasteiger partial charge >= 0.3 is 12.1 Å². The zero-order valence-electron chi connectivity index (χ0n) is 12.6. The van der Waals surface area contributed by atoms with Crippen molar-refractivity contribution in [1.29, 1.82) is 0 Å². The van der Waals surface area contributed by atoms with Crippen LogP contribution in [0, 0.1) is 0 Å². The minimum atomic E-state index is -4.53. The third-order valence-electron chi connectivity index (χ3n) is 3.52. The number of carbonyl (C=O) groups excluding carboxylic acids is 1. The van der Waals surface area contributed by atoms with Crippen molar-refractivity contribution < 1.29 is 27.9 Å². The van der Waals surface area contributed by atoms with Crippen LogP contribution < -0.4 is 5.32 Å². The van der Waals surface area contributed by atoms with Crippen molar-refractivity contribution in [1.82, 2.24) is 0 Å². The van der Waals surface area contributed by atoms with Crippen LogP contribution in [0.2, 0.25) is 0 Å². The molecule has 0 saturated carbocycles. The Balaban J connectivity index is 2.34. The van der Waals surface area contributed by atoms with Crippen molar-refractivity contribution in [2.45, 2.75) is 18.6 Å². The van der Waals surface area contributed by atoms with Crippen molar-refractivity contribution >= 4 is 17.4 Å². The fourth-order valence-corrected chi connectivity index (χ4v) is 2.12. The topological polar surface area (TPSA) is 66.4 Å². The molecule has 0 amide bonds. The molecular formula is C17H14F3NO3. The van der Waals surface area contributed by atoms with Crippen LogP contribution in [-0.4, -0.2) is 22.4 Å². The van der Waals surface area contributed by atoms with E-state index in [9.17, 15) is 27.9 Å². The minimum Gasteiger partial charge on any atom is -0.479 e. The number of Topliss-reactive ketones (excluding diaryl/α,β-unsaturated/α-hetero) is 1. The van der Waals surface area contributed by atoms with Crippen LogP contribution in [0.3, 0.4) is 0 Å². The van der Waals surface area contributed by atoms with Gasteiger partial charge in [0.2, 0.25) is 0 Å². The van der Waals surface area contributed by atoms with E-state index in [4.69, 9.17) is 0 Å². The first-order chi connectivity index (χ1) is 11.1. The molecule has 126 valence electrons. The number of halogens is 3. The Kier molecular flexibility index (Phi) is 4.64. The van der Waals surface area contributed by atoms with Gasteiger partial charge in [-0.05, 0) is 31.2 Å². The van der Waals surface area contributed by atoms with Gasteiger partial charge in [-0.2, -0.15) is 13.2 Å². The number of aliphatic carboxylic acids is 1. The second-order valence-corrected chi connectivity index (χ2v) is 5.33. The molecular weight excluding hydrogens is 323 g/mol. The summed E-state index contributed by atoms with van der Waals surface area (Å²) >= 11 is 0. The quantitative estimate of drug-likeness (QED) is 0.642. The van der Waals surface area contributed by atoms with Gasteiger partial charge < -0.3 is 10.4 Å². The number of ketones is 1. The number of carbonyl (C=O) groups is 2. The summed E-state index contributed by atoms with van der Waals surface area (Å²) in [5.41, 5.74) is -2.65. The maximum atomic E-state index is 12.6. The van der Waals surface area contributed by atoms with Gasteiger partial charge in [0.1, 0.15) is 0 Å². The number of carboxylic acids is 1. The average molecular weight is 337 g/mol. The van der Waals surface area contributed by atoms with E-state index in [1.165, 1.54) is 6.92 Å². The van der Waals surface area contributed by atoms with Gasteiger partial charge in [0, 0.05) is 11.3 Å². The monoisotopic (exact) mass is 337 g/mol. The molecule has 0 radical (unpaired) electrons. The summed E-state index contributed by atoms with van der Waals surface area (Å²) in [4.78, 5) is 24.2. The van der Waals surface area contributed by atoms with Gasteiger partial charge in [-0.1, -0.05) is 30.3 Å². The summed E-state index contributed by atoms with van der Waals surface area (Å²) in [5.74, 6) is -2.27. The predicted molar refractivity (Wildman–Crippen MR) is 81.9 cm³/mol. The molecule has 0 bridgehead atoms. The highest BCUT2D eigenvalue weighted by Crippen LogP contribution is 2.30. The van der Waals surface area contributed by atoms with Gasteiger partial charge in [-0.15, -0.1) is 0 Å². The summed E-state index contributed by atoms with van der Waals surface area (Å²) < 4.78 is 37.7. The number of rotatable bonds is 5. The minimum absolute atomic E-state index is 0.128. The molecule has 0 aliphatic rings. The number of anilines is 1. The first kappa shape index (κ1) is 17.5. The Bertz CT molecular complexity index is 742. The molecule has 2 N–H and O–H groups in total. The predicted octanol–water partition coefficient (Wildman–Crippen LogP) is 3.84. The molecule has 0 aliphatic carbocycles. The molecule has 0 aromatic heterocycles. The fourth-order valence-electron chi connectivity index (χ4n) is 2.12. The number of hydrogen-bond donors (Lipinski definition) is 2. The van der Waals surface area contributed by atoms with E-state index in [0.29, 0.717) is 5.69 Å². The molecule has 0 saturated heterocycles. The van der Waals surface area contributed by atoms with E-state index in [0.717, 1.165) is 24.3 Å². The van der Waals surface area contributed by atoms with Gasteiger partial charge in [0.25, 0.3) is 0 Å². The average Bonchev–Trinajstić information content (AvgIpc) is 2.54. The van der Waals surface area contributed by atoms with Gasteiger partial charge in [-0.25, -0.2) is 4.79 Å². The van der Waals surface area contributed by atoms with Crippen LogP contribution in [0.1, 0.15) is 22.8 Å². The highest BCUT2D eigenvalue weighted by molar-refractivity contribution is 6.17. The molecule has 0 spiro atoms. The molecule has 2 rings (SSSR count). The maximum absolute atomic E-state index is 12.6. The van der Waals surface area contributed by atoms with E-state index in [-0.39, 0.29) is 5.56 Å². The molecule has 1 unspecified atom stereocenters. The van der Waals surface area contributed by atoms with Crippen LogP contribution in [0.15, 0.2) is 54.6 Å². The Morgan fingerprint density at radius 3 is 1.96 bits per heavy atom. The Hall–Kier alpha value is -2.83. The molecule has 4 nitrogen and oxygen atoms in total. The number of nitrogens with one attached hydrogen (secondary N) is 1. The van der Waals surface area contributed by atoms with Crippen LogP contribution in [0.25, 0.3) is 0 Å². The summed E-state index contributed by atoms with van der Waals surface area (Å²) in [6.45, 7) is 1.17. The van der Waals surface area contributed by atoms with Crippen LogP contribution in [-0.2, 0) is 11.0 Å². The Morgan fingerprint density at radius 2 is 1.50 bits per heavy atom. The zero-order chi connectivity index (χ0) is 18.0. The first-order valence-electron chi connectivity index (χ1n) is 6.93. The van der Waals surface area contributed by atoms with E-state index in [1.807, 2.05) is 0 Å². The van der Waals surface area contributed by atoms with Crippen LogP contribution >= 0.6 is 0 Å². The smallest absolute Gasteiger partial charge is 0.416 e. The van der Waals surface area contributed by atoms with Crippen LogP contribution in [0.5, 0.6) is 0 Å². The third-order valence-corrected chi connectivity index (χ3v) is 3.52. The van der Waals surface area contributed by atoms with Crippen molar-refractivity contribution in [3.63, 3.8) is 0 Å². The summed E-state index contributed by atoms with van der Waals surface area (Å²) in [6.07, 6.45) is -4.53. The molecule has 24 heavy (non-hydrogen) atoms. The third kappa shape index (κ3) is 3.56. The number of alkyl halides is 3. The lowest BCUT2D eigenvalue weighted by Crippen LogP contribution is -2.50. The maximum Gasteiger partial charge on any atom is 0.416 e. The number of benzene rings is 2. The lowest BCUT2D eigenvalue weighted by atomic mass is 9.90. The Morgan fingerprint density at radius 1 is 0.958 bits per heavy atom. The van der Waals surface area contributed by atoms with Crippen molar-refractivity contribution in [3.8, 4) is 0 Å². The lowest BCUT2D eigenvalue weighted by Gasteiger charge is -2.26. The van der Waals surface area contributed by atoms with Gasteiger partial charge in [0.05, 0.1) is 5.56 Å². The highest BCUT2D eigenvalue weighted by Gasteiger charge is 2.42. The van der Waals surface area contributed by atoms with Crippen molar-refractivity contribution in [2.75, 3.05) is 5.32 Å². The normalized spacial score (nSPS) is 13.8. The summed E-state index contributed by atoms with van der Waals surface area (Å²) in [5, 5.41) is 12.1.